The molecule has 4 nitrogen and oxygen atoms in total. The third-order valence-electron chi connectivity index (χ3n) is 2.26. The first-order valence-electron chi connectivity index (χ1n) is 6.30. The van der Waals surface area contributed by atoms with Crippen molar-refractivity contribution in [2.75, 3.05) is 13.2 Å². The summed E-state index contributed by atoms with van der Waals surface area (Å²) in [6.07, 6.45) is 2.18. The summed E-state index contributed by atoms with van der Waals surface area (Å²) < 4.78 is 9.85. The van der Waals surface area contributed by atoms with E-state index in [4.69, 9.17) is 9.47 Å². The van der Waals surface area contributed by atoms with Crippen LogP contribution >= 0.6 is 0 Å². The molecule has 0 fully saturated rings. The first-order chi connectivity index (χ1) is 9.19. The van der Waals surface area contributed by atoms with Gasteiger partial charge in [0.1, 0.15) is 5.57 Å². The predicted octanol–water partition coefficient (Wildman–Crippen LogP) is 2.59. The molecule has 4 heteroatoms. The highest BCUT2D eigenvalue weighted by molar-refractivity contribution is 6.17. The van der Waals surface area contributed by atoms with E-state index in [9.17, 15) is 9.59 Å². The smallest absolute Gasteiger partial charge is 0.345 e. The summed E-state index contributed by atoms with van der Waals surface area (Å²) in [7, 11) is 0. The van der Waals surface area contributed by atoms with Gasteiger partial charge in [-0.05, 0) is 25.0 Å². The molecular weight excluding hydrogens is 244 g/mol. The van der Waals surface area contributed by atoms with Crippen LogP contribution in [0.15, 0.2) is 35.9 Å². The van der Waals surface area contributed by atoms with Gasteiger partial charge in [-0.2, -0.15) is 0 Å². The quantitative estimate of drug-likeness (QED) is 0.342. The summed E-state index contributed by atoms with van der Waals surface area (Å²) in [6.45, 7) is 4.07. The molecule has 0 unspecified atom stereocenters. The third kappa shape index (κ3) is 4.95. The Morgan fingerprint density at radius 2 is 1.68 bits per heavy atom. The van der Waals surface area contributed by atoms with E-state index < -0.39 is 11.9 Å². The molecule has 0 bridgehead atoms. The number of rotatable bonds is 6. The zero-order chi connectivity index (χ0) is 14.1. The van der Waals surface area contributed by atoms with E-state index >= 15 is 0 Å². The fourth-order valence-electron chi connectivity index (χ4n) is 1.40. The fraction of sp³-hybridized carbons (Fsp3) is 0.333. The Kier molecular flexibility index (Phi) is 6.36. The molecule has 1 rings (SSSR count). The fourth-order valence-corrected chi connectivity index (χ4v) is 1.40. The summed E-state index contributed by atoms with van der Waals surface area (Å²) in [5, 5.41) is 0. The zero-order valence-electron chi connectivity index (χ0n) is 11.2. The molecule has 0 aromatic heterocycles. The van der Waals surface area contributed by atoms with E-state index in [-0.39, 0.29) is 18.8 Å². The maximum Gasteiger partial charge on any atom is 0.345 e. The van der Waals surface area contributed by atoms with Crippen molar-refractivity contribution in [1.29, 1.82) is 0 Å². The highest BCUT2D eigenvalue weighted by Gasteiger charge is 2.20. The van der Waals surface area contributed by atoms with Crippen LogP contribution in [0.1, 0.15) is 25.8 Å². The Labute approximate surface area is 113 Å². The van der Waals surface area contributed by atoms with Gasteiger partial charge >= 0.3 is 11.9 Å². The first-order valence-corrected chi connectivity index (χ1v) is 6.30. The predicted molar refractivity (Wildman–Crippen MR) is 72.3 cm³/mol. The largest absolute Gasteiger partial charge is 0.462 e. The Balaban J connectivity index is 2.95. The van der Waals surface area contributed by atoms with Gasteiger partial charge in [-0.25, -0.2) is 9.59 Å². The summed E-state index contributed by atoms with van der Waals surface area (Å²) >= 11 is 0. The zero-order valence-corrected chi connectivity index (χ0v) is 11.2. The van der Waals surface area contributed by atoms with Crippen LogP contribution in [-0.2, 0) is 19.1 Å². The Morgan fingerprint density at radius 3 is 2.26 bits per heavy atom. The maximum absolute atomic E-state index is 11.8. The number of carbonyl (C=O) groups is 2. The van der Waals surface area contributed by atoms with Gasteiger partial charge in [0.15, 0.2) is 0 Å². The van der Waals surface area contributed by atoms with E-state index in [0.29, 0.717) is 6.42 Å². The highest BCUT2D eigenvalue weighted by atomic mass is 16.6. The molecule has 0 atom stereocenters. The second kappa shape index (κ2) is 8.08. The van der Waals surface area contributed by atoms with Gasteiger partial charge < -0.3 is 9.47 Å². The van der Waals surface area contributed by atoms with Crippen LogP contribution in [0.2, 0.25) is 0 Å². The molecule has 19 heavy (non-hydrogen) atoms. The van der Waals surface area contributed by atoms with Crippen LogP contribution < -0.4 is 0 Å². The lowest BCUT2D eigenvalue weighted by atomic mass is 10.1. The van der Waals surface area contributed by atoms with Crippen molar-refractivity contribution in [2.24, 2.45) is 0 Å². The molecule has 0 heterocycles. The molecule has 0 N–H and O–H groups in total. The molecule has 0 aliphatic rings. The lowest BCUT2D eigenvalue weighted by molar-refractivity contribution is -0.146. The second-order valence-electron chi connectivity index (χ2n) is 3.83. The molecule has 0 aliphatic carbocycles. The van der Waals surface area contributed by atoms with Gasteiger partial charge in [0.25, 0.3) is 0 Å². The monoisotopic (exact) mass is 262 g/mol. The Hall–Kier alpha value is -2.10. The van der Waals surface area contributed by atoms with Gasteiger partial charge in [0.05, 0.1) is 13.2 Å². The molecule has 1 aromatic carbocycles. The van der Waals surface area contributed by atoms with Crippen LogP contribution in [-0.4, -0.2) is 25.2 Å². The normalized spacial score (nSPS) is 10.9. The number of benzene rings is 1. The van der Waals surface area contributed by atoms with E-state index in [0.717, 1.165) is 5.56 Å². The molecule has 0 aliphatic heterocycles. The number of hydrogen-bond acceptors (Lipinski definition) is 4. The number of ether oxygens (including phenoxy) is 2. The van der Waals surface area contributed by atoms with Gasteiger partial charge in [-0.3, -0.25) is 0 Å². The van der Waals surface area contributed by atoms with Crippen LogP contribution in [0, 0.1) is 0 Å². The summed E-state index contributed by atoms with van der Waals surface area (Å²) in [5.74, 6) is -1.31. The van der Waals surface area contributed by atoms with Crippen LogP contribution in [0.25, 0.3) is 6.08 Å². The molecule has 0 radical (unpaired) electrons. The van der Waals surface area contributed by atoms with E-state index in [1.54, 1.807) is 19.1 Å². The average Bonchev–Trinajstić information content (AvgIpc) is 2.43. The first kappa shape index (κ1) is 15.0. The van der Waals surface area contributed by atoms with E-state index in [2.05, 4.69) is 0 Å². The minimum Gasteiger partial charge on any atom is -0.462 e. The topological polar surface area (TPSA) is 52.6 Å². The van der Waals surface area contributed by atoms with Crippen molar-refractivity contribution in [3.8, 4) is 0 Å². The second-order valence-corrected chi connectivity index (χ2v) is 3.83. The van der Waals surface area contributed by atoms with Crippen molar-refractivity contribution in [1.82, 2.24) is 0 Å². The Bertz CT molecular complexity index is 448. The van der Waals surface area contributed by atoms with Crippen molar-refractivity contribution >= 4 is 18.0 Å². The van der Waals surface area contributed by atoms with Gasteiger partial charge in [0, 0.05) is 0 Å². The third-order valence-corrected chi connectivity index (χ3v) is 2.26. The SMILES string of the molecule is CCCOC(=O)/C(=C/c1ccccc1)C(=O)OCC. The van der Waals surface area contributed by atoms with E-state index in [1.165, 1.54) is 6.08 Å². The van der Waals surface area contributed by atoms with Crippen LogP contribution in [0.5, 0.6) is 0 Å². The van der Waals surface area contributed by atoms with E-state index in [1.807, 2.05) is 25.1 Å². The number of esters is 2. The molecule has 0 spiro atoms. The molecule has 0 saturated heterocycles. The number of hydrogen-bond donors (Lipinski definition) is 0. The average molecular weight is 262 g/mol. The van der Waals surface area contributed by atoms with Gasteiger partial charge in [-0.1, -0.05) is 37.3 Å². The standard InChI is InChI=1S/C15H18O4/c1-3-10-19-15(17)13(14(16)18-4-2)11-12-8-6-5-7-9-12/h5-9,11H,3-4,10H2,1-2H3/b13-11+. The van der Waals surface area contributed by atoms with Crippen molar-refractivity contribution in [2.45, 2.75) is 20.3 Å². The van der Waals surface area contributed by atoms with Crippen molar-refractivity contribution in [3.05, 3.63) is 41.5 Å². The maximum atomic E-state index is 11.8. The summed E-state index contributed by atoms with van der Waals surface area (Å²) in [5.41, 5.74) is 0.667. The molecular formula is C15H18O4. The van der Waals surface area contributed by atoms with Crippen molar-refractivity contribution in [3.63, 3.8) is 0 Å². The molecule has 0 saturated carbocycles. The number of carbonyl (C=O) groups excluding carboxylic acids is 2. The van der Waals surface area contributed by atoms with Gasteiger partial charge in [0.2, 0.25) is 0 Å². The minimum atomic E-state index is -0.660. The molecule has 102 valence electrons. The van der Waals surface area contributed by atoms with Crippen LogP contribution in [0.3, 0.4) is 0 Å². The Morgan fingerprint density at radius 1 is 1.05 bits per heavy atom. The van der Waals surface area contributed by atoms with Crippen molar-refractivity contribution < 1.29 is 19.1 Å². The lowest BCUT2D eigenvalue weighted by Gasteiger charge is -2.07. The summed E-state index contributed by atoms with van der Waals surface area (Å²) in [4.78, 5) is 23.6. The highest BCUT2D eigenvalue weighted by Crippen LogP contribution is 2.10. The summed E-state index contributed by atoms with van der Waals surface area (Å²) in [6, 6.07) is 9.10. The van der Waals surface area contributed by atoms with Crippen LogP contribution in [0.4, 0.5) is 0 Å². The molecule has 1 aromatic rings. The lowest BCUT2D eigenvalue weighted by Crippen LogP contribution is -2.18. The van der Waals surface area contributed by atoms with Gasteiger partial charge in [-0.15, -0.1) is 0 Å². The minimum absolute atomic E-state index is 0.0819. The molecule has 0 amide bonds.